The fraction of sp³-hybridized carbons (Fsp3) is 0.706. The van der Waals surface area contributed by atoms with E-state index >= 15 is 0 Å². The summed E-state index contributed by atoms with van der Waals surface area (Å²) >= 11 is 0. The smallest absolute Gasteiger partial charge is 0.315 e. The molecule has 1 aliphatic carbocycles. The second-order valence-corrected chi connectivity index (χ2v) is 6.93. The predicted molar refractivity (Wildman–Crippen MR) is 84.9 cm³/mol. The topological polar surface area (TPSA) is 72.7 Å². The fourth-order valence-corrected chi connectivity index (χ4v) is 3.75. The van der Waals surface area contributed by atoms with Crippen molar-refractivity contribution in [3.63, 3.8) is 0 Å². The number of carbonyl (C=O) groups is 1. The van der Waals surface area contributed by atoms with Crippen LogP contribution in [0.25, 0.3) is 0 Å². The molecule has 1 aromatic rings. The highest BCUT2D eigenvalue weighted by Gasteiger charge is 2.59. The van der Waals surface area contributed by atoms with Gasteiger partial charge in [0.25, 0.3) is 0 Å². The first-order chi connectivity index (χ1) is 11.1. The molecule has 1 saturated heterocycles. The van der Waals surface area contributed by atoms with Crippen LogP contribution in [-0.4, -0.2) is 37.9 Å². The molecule has 0 spiro atoms. The van der Waals surface area contributed by atoms with Gasteiger partial charge < -0.3 is 24.5 Å². The molecule has 128 valence electrons. The Balaban J connectivity index is 1.28. The summed E-state index contributed by atoms with van der Waals surface area (Å²) in [7, 11) is 0. The van der Waals surface area contributed by atoms with Gasteiger partial charge in [0.05, 0.1) is 12.4 Å². The van der Waals surface area contributed by atoms with E-state index in [1.54, 1.807) is 6.26 Å². The molecule has 1 aromatic heterocycles. The standard InChI is InChI=1S/C17H26N2O4/c1-17(2)14(13-6-10-23-15(13)17)19-16(20)18-7-4-8-21-11-12-5-3-9-22-12/h3,5,9,13-15H,4,6-8,10-11H2,1-2H3,(H2,18,19,20)/t13-,14-,15-/m1/s1. The Labute approximate surface area is 136 Å². The van der Waals surface area contributed by atoms with Crippen LogP contribution < -0.4 is 10.6 Å². The third kappa shape index (κ3) is 3.53. The van der Waals surface area contributed by atoms with E-state index < -0.39 is 0 Å². The van der Waals surface area contributed by atoms with Crippen LogP contribution in [0, 0.1) is 11.3 Å². The minimum atomic E-state index is -0.0977. The summed E-state index contributed by atoms with van der Waals surface area (Å²) in [5.41, 5.74) is 0.0185. The zero-order valence-electron chi connectivity index (χ0n) is 13.8. The van der Waals surface area contributed by atoms with Crippen molar-refractivity contribution in [1.29, 1.82) is 0 Å². The lowest BCUT2D eigenvalue weighted by molar-refractivity contribution is -0.108. The molecule has 2 heterocycles. The Bertz CT molecular complexity index is 515. The molecule has 3 atom stereocenters. The second kappa shape index (κ2) is 6.93. The van der Waals surface area contributed by atoms with Crippen molar-refractivity contribution in [2.75, 3.05) is 19.8 Å². The molecule has 2 fully saturated rings. The van der Waals surface area contributed by atoms with Gasteiger partial charge in [0, 0.05) is 37.1 Å². The predicted octanol–water partition coefficient (Wildman–Crippen LogP) is 2.30. The first-order valence-corrected chi connectivity index (χ1v) is 8.35. The number of nitrogens with one attached hydrogen (secondary N) is 2. The molecule has 2 N–H and O–H groups in total. The van der Waals surface area contributed by atoms with E-state index in [2.05, 4.69) is 24.5 Å². The largest absolute Gasteiger partial charge is 0.467 e. The summed E-state index contributed by atoms with van der Waals surface area (Å²) in [4.78, 5) is 12.0. The first-order valence-electron chi connectivity index (χ1n) is 8.35. The van der Waals surface area contributed by atoms with Crippen molar-refractivity contribution < 1.29 is 18.7 Å². The van der Waals surface area contributed by atoms with Gasteiger partial charge in [-0.1, -0.05) is 13.8 Å². The molecule has 3 rings (SSSR count). The minimum Gasteiger partial charge on any atom is -0.467 e. The quantitative estimate of drug-likeness (QED) is 0.756. The van der Waals surface area contributed by atoms with E-state index in [1.165, 1.54) is 0 Å². The van der Waals surface area contributed by atoms with Crippen LogP contribution in [0.2, 0.25) is 0 Å². The summed E-state index contributed by atoms with van der Waals surface area (Å²) in [6.07, 6.45) is 3.74. The van der Waals surface area contributed by atoms with E-state index in [4.69, 9.17) is 13.9 Å². The van der Waals surface area contributed by atoms with Gasteiger partial charge in [-0.3, -0.25) is 0 Å². The highest BCUT2D eigenvalue weighted by atomic mass is 16.5. The molecule has 1 aliphatic heterocycles. The molecule has 2 amide bonds. The molecule has 23 heavy (non-hydrogen) atoms. The SMILES string of the molecule is CC1(C)[C@H](NC(=O)NCCCOCc2ccco2)[C@H]2CCO[C@H]21. The van der Waals surface area contributed by atoms with Crippen LogP contribution in [0.5, 0.6) is 0 Å². The van der Waals surface area contributed by atoms with E-state index in [1.807, 2.05) is 12.1 Å². The van der Waals surface area contributed by atoms with Gasteiger partial charge in [0.15, 0.2) is 0 Å². The van der Waals surface area contributed by atoms with E-state index in [0.29, 0.717) is 31.8 Å². The maximum atomic E-state index is 12.0. The normalized spacial score (nSPS) is 28.0. The highest BCUT2D eigenvalue weighted by Crippen LogP contribution is 2.51. The highest BCUT2D eigenvalue weighted by molar-refractivity contribution is 5.74. The van der Waals surface area contributed by atoms with E-state index in [0.717, 1.165) is 25.2 Å². The van der Waals surface area contributed by atoms with Crippen molar-refractivity contribution in [1.82, 2.24) is 10.6 Å². The number of ether oxygens (including phenoxy) is 2. The molecule has 0 radical (unpaired) electrons. The average molecular weight is 322 g/mol. The number of hydrogen-bond acceptors (Lipinski definition) is 4. The summed E-state index contributed by atoms with van der Waals surface area (Å²) in [6.45, 7) is 6.79. The van der Waals surface area contributed by atoms with Crippen molar-refractivity contribution in [2.45, 2.75) is 45.4 Å². The second-order valence-electron chi connectivity index (χ2n) is 6.93. The van der Waals surface area contributed by atoms with Crippen LogP contribution in [0.15, 0.2) is 22.8 Å². The molecular formula is C17H26N2O4. The zero-order valence-corrected chi connectivity index (χ0v) is 13.8. The molecule has 0 unspecified atom stereocenters. The first kappa shape index (κ1) is 16.3. The van der Waals surface area contributed by atoms with Gasteiger partial charge in [-0.25, -0.2) is 4.79 Å². The lowest BCUT2D eigenvalue weighted by atomic mass is 9.57. The molecule has 2 aliphatic rings. The van der Waals surface area contributed by atoms with Crippen molar-refractivity contribution in [2.24, 2.45) is 11.3 Å². The summed E-state index contributed by atoms with van der Waals surface area (Å²) in [5.74, 6) is 1.28. The molecule has 0 bridgehead atoms. The number of carbonyl (C=O) groups excluding carboxylic acids is 1. The fourth-order valence-electron chi connectivity index (χ4n) is 3.75. The molecule has 6 heteroatoms. The zero-order chi connectivity index (χ0) is 16.3. The van der Waals surface area contributed by atoms with Crippen molar-refractivity contribution in [3.05, 3.63) is 24.2 Å². The van der Waals surface area contributed by atoms with Gasteiger partial charge in [-0.15, -0.1) is 0 Å². The van der Waals surface area contributed by atoms with E-state index in [9.17, 15) is 4.79 Å². The van der Waals surface area contributed by atoms with Crippen LogP contribution in [0.3, 0.4) is 0 Å². The van der Waals surface area contributed by atoms with Crippen LogP contribution in [0.4, 0.5) is 4.79 Å². The number of amides is 2. The van der Waals surface area contributed by atoms with Crippen LogP contribution in [0.1, 0.15) is 32.4 Å². The van der Waals surface area contributed by atoms with E-state index in [-0.39, 0.29) is 17.5 Å². The molecule has 6 nitrogen and oxygen atoms in total. The summed E-state index contributed by atoms with van der Waals surface area (Å²) in [5, 5.41) is 6.00. The minimum absolute atomic E-state index is 0.0185. The number of furan rings is 1. The van der Waals surface area contributed by atoms with Crippen LogP contribution >= 0.6 is 0 Å². The Morgan fingerprint density at radius 3 is 3.13 bits per heavy atom. The molecule has 1 saturated carbocycles. The monoisotopic (exact) mass is 322 g/mol. The summed E-state index contributed by atoms with van der Waals surface area (Å²) < 4.78 is 16.4. The number of fused-ring (bicyclic) bond motifs is 1. The van der Waals surface area contributed by atoms with Gasteiger partial charge in [-0.05, 0) is 25.0 Å². The van der Waals surface area contributed by atoms with Gasteiger partial charge in [0.2, 0.25) is 0 Å². The lowest BCUT2D eigenvalue weighted by Gasteiger charge is -2.54. The maximum Gasteiger partial charge on any atom is 0.315 e. The number of urea groups is 1. The van der Waals surface area contributed by atoms with Crippen molar-refractivity contribution in [3.8, 4) is 0 Å². The third-order valence-corrected chi connectivity index (χ3v) is 4.96. The lowest BCUT2D eigenvalue weighted by Crippen LogP contribution is -2.67. The Morgan fingerprint density at radius 2 is 2.35 bits per heavy atom. The van der Waals surface area contributed by atoms with Gasteiger partial charge in [0.1, 0.15) is 12.4 Å². The average Bonchev–Trinajstić information content (AvgIpc) is 3.18. The van der Waals surface area contributed by atoms with Gasteiger partial charge in [-0.2, -0.15) is 0 Å². The molecule has 0 aromatic carbocycles. The van der Waals surface area contributed by atoms with Gasteiger partial charge >= 0.3 is 6.03 Å². The number of hydrogen-bond donors (Lipinski definition) is 2. The Hall–Kier alpha value is -1.53. The molecular weight excluding hydrogens is 296 g/mol. The maximum absolute atomic E-state index is 12.0. The Morgan fingerprint density at radius 1 is 1.48 bits per heavy atom. The summed E-state index contributed by atoms with van der Waals surface area (Å²) in [6, 6.07) is 3.82. The van der Waals surface area contributed by atoms with Crippen molar-refractivity contribution >= 4 is 6.03 Å². The Kier molecular flexibility index (Phi) is 4.92. The van der Waals surface area contributed by atoms with Crippen LogP contribution in [-0.2, 0) is 16.1 Å². The number of rotatable bonds is 7. The third-order valence-electron chi connectivity index (χ3n) is 4.96.